The third-order valence-corrected chi connectivity index (χ3v) is 3.33. The molecule has 0 amide bonds. The molecule has 2 aromatic heterocycles. The van der Waals surface area contributed by atoms with Crippen LogP contribution in [0.1, 0.15) is 26.2 Å². The fourth-order valence-electron chi connectivity index (χ4n) is 1.47. The first-order valence-electron chi connectivity index (χ1n) is 5.85. The molecule has 0 saturated heterocycles. The van der Waals surface area contributed by atoms with E-state index in [9.17, 15) is 0 Å². The average Bonchev–Trinajstić information content (AvgIpc) is 2.85. The monoisotopic (exact) mass is 248 g/mol. The lowest BCUT2D eigenvalue weighted by Crippen LogP contribution is -1.82. The first kappa shape index (κ1) is 12.1. The van der Waals surface area contributed by atoms with Crippen LogP contribution in [0.2, 0.25) is 0 Å². The number of aromatic nitrogens is 4. The summed E-state index contributed by atoms with van der Waals surface area (Å²) < 4.78 is 0. The smallest absolute Gasteiger partial charge is 0.208 e. The van der Waals surface area contributed by atoms with Crippen LogP contribution in [0.3, 0.4) is 0 Å². The van der Waals surface area contributed by atoms with Gasteiger partial charge in [0.05, 0.1) is 0 Å². The Hall–Kier alpha value is -1.36. The maximum absolute atomic E-state index is 4.45. The van der Waals surface area contributed by atoms with Crippen LogP contribution in [-0.4, -0.2) is 25.9 Å². The van der Waals surface area contributed by atoms with Crippen molar-refractivity contribution in [2.75, 3.05) is 5.75 Å². The predicted molar refractivity (Wildman–Crippen MR) is 69.9 cm³/mol. The summed E-state index contributed by atoms with van der Waals surface area (Å²) in [6.45, 7) is 2.21. The highest BCUT2D eigenvalue weighted by molar-refractivity contribution is 7.99. The summed E-state index contributed by atoms with van der Waals surface area (Å²) >= 11 is 1.71. The molecule has 0 radical (unpaired) electrons. The number of nitrogens with one attached hydrogen (secondary N) is 1. The Morgan fingerprint density at radius 2 is 2.06 bits per heavy atom. The molecule has 5 heteroatoms. The predicted octanol–water partition coefficient (Wildman–Crippen LogP) is 3.15. The standard InChI is InChI=1S/C12H16N4S/c1-2-3-4-9-17-12-14-11(15-16-12)10-5-7-13-8-6-10/h5-8H,2-4,9H2,1H3,(H,14,15,16). The molecule has 0 atom stereocenters. The second kappa shape index (κ2) is 6.39. The lowest BCUT2D eigenvalue weighted by molar-refractivity contribution is 0.777. The number of hydrogen-bond donors (Lipinski definition) is 1. The Balaban J connectivity index is 1.92. The molecule has 1 N–H and O–H groups in total. The van der Waals surface area contributed by atoms with Crippen molar-refractivity contribution < 1.29 is 0 Å². The lowest BCUT2D eigenvalue weighted by Gasteiger charge is -1.95. The van der Waals surface area contributed by atoms with Gasteiger partial charge < -0.3 is 0 Å². The lowest BCUT2D eigenvalue weighted by atomic mass is 10.3. The number of nitrogens with zero attached hydrogens (tertiary/aromatic N) is 3. The molecule has 2 heterocycles. The zero-order chi connectivity index (χ0) is 11.9. The molecular weight excluding hydrogens is 232 g/mol. The maximum atomic E-state index is 4.45. The fourth-order valence-corrected chi connectivity index (χ4v) is 2.26. The number of aromatic amines is 1. The third-order valence-electron chi connectivity index (χ3n) is 2.40. The molecule has 90 valence electrons. The number of rotatable bonds is 6. The molecule has 0 aromatic carbocycles. The number of H-pyrrole nitrogens is 1. The number of thioether (sulfide) groups is 1. The van der Waals surface area contributed by atoms with Crippen LogP contribution in [0, 0.1) is 0 Å². The molecule has 17 heavy (non-hydrogen) atoms. The van der Waals surface area contributed by atoms with Gasteiger partial charge in [0.25, 0.3) is 0 Å². The van der Waals surface area contributed by atoms with Crippen molar-refractivity contribution in [3.63, 3.8) is 0 Å². The van der Waals surface area contributed by atoms with Crippen LogP contribution in [0.4, 0.5) is 0 Å². The van der Waals surface area contributed by atoms with Crippen LogP contribution in [0.5, 0.6) is 0 Å². The van der Waals surface area contributed by atoms with E-state index in [0.29, 0.717) is 0 Å². The normalized spacial score (nSPS) is 10.6. The molecule has 0 bridgehead atoms. The minimum atomic E-state index is 0.811. The largest absolute Gasteiger partial charge is 0.265 e. The van der Waals surface area contributed by atoms with E-state index in [1.165, 1.54) is 19.3 Å². The third kappa shape index (κ3) is 3.56. The van der Waals surface area contributed by atoms with Gasteiger partial charge in [-0.3, -0.25) is 10.1 Å². The zero-order valence-electron chi connectivity index (χ0n) is 9.89. The average molecular weight is 248 g/mol. The minimum absolute atomic E-state index is 0.811. The van der Waals surface area contributed by atoms with Crippen LogP contribution < -0.4 is 0 Å². The second-order valence-electron chi connectivity index (χ2n) is 3.76. The van der Waals surface area contributed by atoms with Crippen LogP contribution in [0.25, 0.3) is 11.4 Å². The van der Waals surface area contributed by atoms with Crippen molar-refractivity contribution in [3.8, 4) is 11.4 Å². The van der Waals surface area contributed by atoms with Gasteiger partial charge in [-0.1, -0.05) is 31.5 Å². The van der Waals surface area contributed by atoms with Crippen molar-refractivity contribution in [1.82, 2.24) is 20.2 Å². The highest BCUT2D eigenvalue weighted by Crippen LogP contribution is 2.19. The summed E-state index contributed by atoms with van der Waals surface area (Å²) in [5, 5.41) is 7.98. The van der Waals surface area contributed by atoms with E-state index in [2.05, 4.69) is 27.1 Å². The van der Waals surface area contributed by atoms with E-state index in [1.54, 1.807) is 24.2 Å². The zero-order valence-corrected chi connectivity index (χ0v) is 10.7. The van der Waals surface area contributed by atoms with Gasteiger partial charge in [0, 0.05) is 23.7 Å². The molecule has 2 aromatic rings. The van der Waals surface area contributed by atoms with Crippen molar-refractivity contribution >= 4 is 11.8 Å². The van der Waals surface area contributed by atoms with E-state index >= 15 is 0 Å². The van der Waals surface area contributed by atoms with E-state index in [4.69, 9.17) is 0 Å². The van der Waals surface area contributed by atoms with Crippen LogP contribution >= 0.6 is 11.8 Å². The van der Waals surface area contributed by atoms with Crippen molar-refractivity contribution in [3.05, 3.63) is 24.5 Å². The van der Waals surface area contributed by atoms with E-state index in [0.717, 1.165) is 22.3 Å². The van der Waals surface area contributed by atoms with Crippen molar-refractivity contribution in [1.29, 1.82) is 0 Å². The van der Waals surface area contributed by atoms with Crippen molar-refractivity contribution in [2.24, 2.45) is 0 Å². The number of hydrogen-bond acceptors (Lipinski definition) is 4. The maximum Gasteiger partial charge on any atom is 0.208 e. The Morgan fingerprint density at radius 1 is 1.24 bits per heavy atom. The van der Waals surface area contributed by atoms with Crippen LogP contribution in [-0.2, 0) is 0 Å². The van der Waals surface area contributed by atoms with Crippen LogP contribution in [0.15, 0.2) is 29.7 Å². The number of unbranched alkanes of at least 4 members (excludes halogenated alkanes) is 2. The molecule has 0 spiro atoms. The summed E-state index contributed by atoms with van der Waals surface area (Å²) in [6, 6.07) is 3.85. The summed E-state index contributed by atoms with van der Waals surface area (Å²) in [5.74, 6) is 1.90. The molecule has 0 saturated carbocycles. The molecule has 0 aliphatic heterocycles. The molecule has 0 aliphatic rings. The summed E-state index contributed by atoms with van der Waals surface area (Å²) in [4.78, 5) is 8.43. The highest BCUT2D eigenvalue weighted by atomic mass is 32.2. The number of pyridine rings is 1. The first-order valence-corrected chi connectivity index (χ1v) is 6.84. The second-order valence-corrected chi connectivity index (χ2v) is 4.82. The Bertz CT molecular complexity index is 441. The topological polar surface area (TPSA) is 54.5 Å². The van der Waals surface area contributed by atoms with Gasteiger partial charge in [0.15, 0.2) is 5.82 Å². The van der Waals surface area contributed by atoms with E-state index in [-0.39, 0.29) is 0 Å². The Kier molecular flexibility index (Phi) is 4.55. The van der Waals surface area contributed by atoms with Gasteiger partial charge in [-0.2, -0.15) is 0 Å². The SMILES string of the molecule is CCCCCSc1n[nH]c(-c2ccncc2)n1. The van der Waals surface area contributed by atoms with Gasteiger partial charge in [0.2, 0.25) is 5.16 Å². The molecule has 0 fully saturated rings. The Labute approximate surface area is 105 Å². The van der Waals surface area contributed by atoms with Crippen molar-refractivity contribution in [2.45, 2.75) is 31.3 Å². The molecule has 0 unspecified atom stereocenters. The summed E-state index contributed by atoms with van der Waals surface area (Å²) in [7, 11) is 0. The van der Waals surface area contributed by atoms with E-state index in [1.807, 2.05) is 12.1 Å². The van der Waals surface area contributed by atoms with E-state index < -0.39 is 0 Å². The quantitative estimate of drug-likeness (QED) is 0.630. The van der Waals surface area contributed by atoms with Gasteiger partial charge in [0.1, 0.15) is 0 Å². The van der Waals surface area contributed by atoms with Gasteiger partial charge in [-0.25, -0.2) is 4.98 Å². The molecule has 0 aliphatic carbocycles. The highest BCUT2D eigenvalue weighted by Gasteiger charge is 2.05. The van der Waals surface area contributed by atoms with Gasteiger partial charge in [-0.05, 0) is 18.6 Å². The Morgan fingerprint density at radius 3 is 2.82 bits per heavy atom. The minimum Gasteiger partial charge on any atom is -0.265 e. The van der Waals surface area contributed by atoms with Gasteiger partial charge in [-0.15, -0.1) is 5.10 Å². The molecular formula is C12H16N4S. The molecule has 2 rings (SSSR count). The first-order chi connectivity index (χ1) is 8.40. The fraction of sp³-hybridized carbons (Fsp3) is 0.417. The summed E-state index contributed by atoms with van der Waals surface area (Å²) in [6.07, 6.45) is 7.25. The molecule has 4 nitrogen and oxygen atoms in total. The van der Waals surface area contributed by atoms with Gasteiger partial charge >= 0.3 is 0 Å². The summed E-state index contributed by atoms with van der Waals surface area (Å²) in [5.41, 5.74) is 1.02.